The molecule has 0 aliphatic carbocycles. The lowest BCUT2D eigenvalue weighted by Crippen LogP contribution is -2.33. The van der Waals surface area contributed by atoms with Gasteiger partial charge in [0.05, 0.1) is 12.7 Å². The molecule has 12 heavy (non-hydrogen) atoms. The summed E-state index contributed by atoms with van der Waals surface area (Å²) in [5, 5.41) is 17.6. The highest BCUT2D eigenvalue weighted by Crippen LogP contribution is 2.07. The Bertz CT molecular complexity index is 277. The van der Waals surface area contributed by atoms with Crippen LogP contribution in [0.25, 0.3) is 0 Å². The van der Waals surface area contributed by atoms with Gasteiger partial charge in [-0.3, -0.25) is 4.98 Å². The molecule has 64 valence electrons. The van der Waals surface area contributed by atoms with E-state index < -0.39 is 7.12 Å². The second-order valence-electron chi connectivity index (χ2n) is 2.45. The van der Waals surface area contributed by atoms with Crippen molar-refractivity contribution in [1.29, 1.82) is 0 Å². The highest BCUT2D eigenvalue weighted by molar-refractivity contribution is 6.57. The number of hydrogen-bond donors (Lipinski definition) is 2. The van der Waals surface area contributed by atoms with Crippen LogP contribution in [0.1, 0.15) is 5.69 Å². The minimum atomic E-state index is -1.54. The fourth-order valence-electron chi connectivity index (χ4n) is 0.912. The molecule has 2 N–H and O–H groups in total. The van der Waals surface area contributed by atoms with Gasteiger partial charge >= 0.3 is 7.12 Å². The molecular weight excluding hydrogens is 157 g/mol. The molecule has 0 unspecified atom stereocenters. The van der Waals surface area contributed by atoms with Crippen LogP contribution in [0, 0.1) is 6.92 Å². The van der Waals surface area contributed by atoms with E-state index in [1.165, 1.54) is 13.2 Å². The summed E-state index contributed by atoms with van der Waals surface area (Å²) in [5.41, 5.74) is 0.893. The van der Waals surface area contributed by atoms with E-state index in [9.17, 15) is 0 Å². The topological polar surface area (TPSA) is 62.6 Å². The largest absolute Gasteiger partial charge is 0.508 e. The summed E-state index contributed by atoms with van der Waals surface area (Å²) in [6.07, 6.45) is 0. The maximum absolute atomic E-state index is 8.81. The van der Waals surface area contributed by atoms with Gasteiger partial charge in [-0.1, -0.05) is 0 Å². The molecule has 0 aliphatic heterocycles. The maximum Gasteiger partial charge on any atom is 0.508 e. The molecule has 0 bridgehead atoms. The number of hydrogen-bond acceptors (Lipinski definition) is 4. The molecule has 5 heteroatoms. The fraction of sp³-hybridized carbons (Fsp3) is 0.286. The van der Waals surface area contributed by atoms with Crippen molar-refractivity contribution in [3.63, 3.8) is 0 Å². The zero-order valence-electron chi connectivity index (χ0n) is 6.98. The number of aromatic nitrogens is 1. The number of rotatable bonds is 2. The predicted molar refractivity (Wildman–Crippen MR) is 45.4 cm³/mol. The molecule has 1 aromatic rings. The van der Waals surface area contributed by atoms with E-state index in [0.29, 0.717) is 11.4 Å². The minimum Gasteiger partial charge on any atom is -0.497 e. The second-order valence-corrected chi connectivity index (χ2v) is 2.45. The normalized spacial score (nSPS) is 9.67. The first-order valence-corrected chi connectivity index (χ1v) is 3.52. The average Bonchev–Trinajstić information content (AvgIpc) is 2.03. The fourth-order valence-corrected chi connectivity index (χ4v) is 0.912. The van der Waals surface area contributed by atoms with Crippen LogP contribution in [-0.2, 0) is 0 Å². The highest BCUT2D eigenvalue weighted by Gasteiger charge is 2.13. The van der Waals surface area contributed by atoms with E-state index in [-0.39, 0.29) is 5.59 Å². The van der Waals surface area contributed by atoms with Crippen LogP contribution in [0.15, 0.2) is 12.1 Å². The van der Waals surface area contributed by atoms with E-state index in [4.69, 9.17) is 14.8 Å². The van der Waals surface area contributed by atoms with Crippen molar-refractivity contribution in [3.05, 3.63) is 17.8 Å². The van der Waals surface area contributed by atoms with Crippen LogP contribution in [0.3, 0.4) is 0 Å². The van der Waals surface area contributed by atoms with Crippen LogP contribution in [0.5, 0.6) is 5.75 Å². The number of aryl methyl sites for hydroxylation is 1. The van der Waals surface area contributed by atoms with Gasteiger partial charge in [0.1, 0.15) is 5.75 Å². The zero-order valence-corrected chi connectivity index (χ0v) is 6.98. The molecule has 0 amide bonds. The van der Waals surface area contributed by atoms with Crippen molar-refractivity contribution in [2.24, 2.45) is 0 Å². The van der Waals surface area contributed by atoms with Crippen molar-refractivity contribution in [2.75, 3.05) is 7.11 Å². The van der Waals surface area contributed by atoms with Crippen LogP contribution < -0.4 is 10.3 Å². The van der Waals surface area contributed by atoms with Crippen LogP contribution >= 0.6 is 0 Å². The highest BCUT2D eigenvalue weighted by atomic mass is 16.5. The lowest BCUT2D eigenvalue weighted by molar-refractivity contribution is 0.410. The van der Waals surface area contributed by atoms with Crippen molar-refractivity contribution in [2.45, 2.75) is 6.92 Å². The summed E-state index contributed by atoms with van der Waals surface area (Å²) in [7, 11) is -0.0266. The van der Waals surface area contributed by atoms with Gasteiger partial charge in [0, 0.05) is 11.8 Å². The minimum absolute atomic E-state index is 0.201. The van der Waals surface area contributed by atoms with E-state index in [1.807, 2.05) is 0 Å². The molecule has 0 fully saturated rings. The monoisotopic (exact) mass is 167 g/mol. The quantitative estimate of drug-likeness (QED) is 0.559. The second kappa shape index (κ2) is 3.56. The predicted octanol–water partition coefficient (Wildman–Crippen LogP) is -0.922. The van der Waals surface area contributed by atoms with Crippen LogP contribution in [-0.4, -0.2) is 29.3 Å². The van der Waals surface area contributed by atoms with Gasteiger partial charge in [-0.25, -0.2) is 0 Å². The Kier molecular flexibility index (Phi) is 2.67. The molecule has 0 radical (unpaired) electrons. The Morgan fingerprint density at radius 1 is 1.42 bits per heavy atom. The SMILES string of the molecule is COc1cc(C)nc(B(O)O)c1. The van der Waals surface area contributed by atoms with E-state index >= 15 is 0 Å². The molecular formula is C7H10BNO3. The molecule has 0 saturated heterocycles. The van der Waals surface area contributed by atoms with Gasteiger partial charge < -0.3 is 14.8 Å². The van der Waals surface area contributed by atoms with E-state index in [0.717, 1.165) is 0 Å². The smallest absolute Gasteiger partial charge is 0.497 e. The first-order chi connectivity index (χ1) is 5.63. The molecule has 0 aliphatic rings. The van der Waals surface area contributed by atoms with Gasteiger partial charge in [0.15, 0.2) is 0 Å². The first kappa shape index (κ1) is 9.03. The molecule has 0 atom stereocenters. The van der Waals surface area contributed by atoms with Gasteiger partial charge in [-0.15, -0.1) is 0 Å². The molecule has 1 rings (SSSR count). The number of ether oxygens (including phenoxy) is 1. The summed E-state index contributed by atoms with van der Waals surface area (Å²) in [6, 6.07) is 3.20. The summed E-state index contributed by atoms with van der Waals surface area (Å²) in [4.78, 5) is 3.90. The van der Waals surface area contributed by atoms with Crippen molar-refractivity contribution in [1.82, 2.24) is 4.98 Å². The average molecular weight is 167 g/mol. The molecule has 1 aromatic heterocycles. The maximum atomic E-state index is 8.81. The van der Waals surface area contributed by atoms with E-state index in [1.54, 1.807) is 13.0 Å². The van der Waals surface area contributed by atoms with Crippen molar-refractivity contribution >= 4 is 12.7 Å². The third-order valence-electron chi connectivity index (χ3n) is 1.45. The van der Waals surface area contributed by atoms with Crippen molar-refractivity contribution in [3.8, 4) is 5.75 Å². The third kappa shape index (κ3) is 1.96. The molecule has 1 heterocycles. The Hall–Kier alpha value is -1.07. The Morgan fingerprint density at radius 2 is 2.08 bits per heavy atom. The number of methoxy groups -OCH3 is 1. The molecule has 0 spiro atoms. The van der Waals surface area contributed by atoms with Gasteiger partial charge in [-0.2, -0.15) is 0 Å². The summed E-state index contributed by atoms with van der Waals surface area (Å²) < 4.78 is 4.92. The van der Waals surface area contributed by atoms with Crippen LogP contribution in [0.4, 0.5) is 0 Å². The zero-order chi connectivity index (χ0) is 9.14. The lowest BCUT2D eigenvalue weighted by atomic mass is 9.85. The molecule has 0 saturated carbocycles. The summed E-state index contributed by atoms with van der Waals surface area (Å²) in [6.45, 7) is 1.76. The Balaban J connectivity index is 3.06. The number of nitrogens with zero attached hydrogens (tertiary/aromatic N) is 1. The third-order valence-corrected chi connectivity index (χ3v) is 1.45. The summed E-state index contributed by atoms with van der Waals surface area (Å²) in [5.74, 6) is 0.575. The standard InChI is InChI=1S/C7H10BNO3/c1-5-3-6(12-2)4-7(9-5)8(10)11/h3-4,10-11H,1-2H3. The Labute approximate surface area is 71.0 Å². The molecule has 4 nitrogen and oxygen atoms in total. The van der Waals surface area contributed by atoms with Crippen LogP contribution in [0.2, 0.25) is 0 Å². The first-order valence-electron chi connectivity index (χ1n) is 3.52. The number of pyridine rings is 1. The van der Waals surface area contributed by atoms with Crippen molar-refractivity contribution < 1.29 is 14.8 Å². The van der Waals surface area contributed by atoms with Gasteiger partial charge in [0.25, 0.3) is 0 Å². The van der Waals surface area contributed by atoms with Gasteiger partial charge in [0.2, 0.25) is 0 Å². The summed E-state index contributed by atoms with van der Waals surface area (Å²) >= 11 is 0. The molecule has 0 aromatic carbocycles. The lowest BCUT2D eigenvalue weighted by Gasteiger charge is -2.04. The Morgan fingerprint density at radius 3 is 2.58 bits per heavy atom. The van der Waals surface area contributed by atoms with Gasteiger partial charge in [-0.05, 0) is 13.0 Å². The van der Waals surface area contributed by atoms with E-state index in [2.05, 4.69) is 4.98 Å².